The van der Waals surface area contributed by atoms with Crippen LogP contribution in [-0.4, -0.2) is 129 Å². The van der Waals surface area contributed by atoms with Crippen LogP contribution in [0.4, 0.5) is 31.8 Å². The fraction of sp³-hybridized carbons (Fsp3) is 0.357. The number of amides is 3. The van der Waals surface area contributed by atoms with Gasteiger partial charge in [0.25, 0.3) is 0 Å². The second kappa shape index (κ2) is 31.2. The molecule has 6 aromatic heterocycles. The highest BCUT2D eigenvalue weighted by molar-refractivity contribution is 6.34. The molecule has 0 saturated carbocycles. The van der Waals surface area contributed by atoms with Crippen molar-refractivity contribution in [2.75, 3.05) is 47.0 Å². The number of esters is 2. The first-order valence-corrected chi connectivity index (χ1v) is 31.0. The van der Waals surface area contributed by atoms with Crippen molar-refractivity contribution in [3.63, 3.8) is 0 Å². The van der Waals surface area contributed by atoms with E-state index in [1.807, 2.05) is 85.1 Å². The highest BCUT2D eigenvalue weighted by Gasteiger charge is 2.37. The van der Waals surface area contributed by atoms with Crippen LogP contribution in [0.3, 0.4) is 0 Å². The number of hydrogen-bond acceptors (Lipinski definition) is 17. The molecular weight excluding hydrogens is 1270 g/mol. The van der Waals surface area contributed by atoms with E-state index in [1.165, 1.54) is 66.3 Å². The molecule has 2 fully saturated rings. The third-order valence-corrected chi connectivity index (χ3v) is 16.6. The summed E-state index contributed by atoms with van der Waals surface area (Å²) in [5, 5.41) is 3.86. The number of carbonyl (C=O) groups excluding carboxylic acids is 5. The van der Waals surface area contributed by atoms with Crippen LogP contribution in [0.2, 0.25) is 10.0 Å². The number of nitrogens with one attached hydrogen (secondary N) is 1. The predicted octanol–water partition coefficient (Wildman–Crippen LogP) is 12.3. The van der Waals surface area contributed by atoms with E-state index < -0.39 is 40.9 Å². The Balaban J connectivity index is 0.000000271. The number of aromatic nitrogens is 8. The van der Waals surface area contributed by atoms with E-state index in [-0.39, 0.29) is 118 Å². The summed E-state index contributed by atoms with van der Waals surface area (Å²) in [4.78, 5) is 120. The lowest BCUT2D eigenvalue weighted by atomic mass is 10.0. The zero-order chi connectivity index (χ0) is 69.1. The number of halogens is 4. The van der Waals surface area contributed by atoms with Crippen LogP contribution in [0, 0.1) is 25.5 Å². The molecule has 22 nitrogen and oxygen atoms in total. The van der Waals surface area contributed by atoms with Crippen molar-refractivity contribution >= 4 is 97.9 Å². The van der Waals surface area contributed by atoms with Gasteiger partial charge in [0.1, 0.15) is 23.3 Å². The normalized spacial score (nSPS) is 15.9. The number of anilines is 4. The zero-order valence-corrected chi connectivity index (χ0v) is 56.0. The lowest BCUT2D eigenvalue weighted by molar-refractivity contribution is -0.156. The van der Waals surface area contributed by atoms with Crippen LogP contribution in [0.1, 0.15) is 125 Å². The van der Waals surface area contributed by atoms with E-state index in [1.54, 1.807) is 52.5 Å². The quantitative estimate of drug-likeness (QED) is 0.0527. The van der Waals surface area contributed by atoms with Gasteiger partial charge >= 0.3 is 23.3 Å². The molecule has 96 heavy (non-hydrogen) atoms. The van der Waals surface area contributed by atoms with Crippen molar-refractivity contribution in [2.45, 2.75) is 141 Å². The number of hydrogen-bond donors (Lipinski definition) is 2. The van der Waals surface area contributed by atoms with Gasteiger partial charge < -0.3 is 35.4 Å². The van der Waals surface area contributed by atoms with Gasteiger partial charge in [-0.2, -0.15) is 9.97 Å². The number of pyridine rings is 4. The van der Waals surface area contributed by atoms with Gasteiger partial charge in [0.15, 0.2) is 11.3 Å². The second-order valence-corrected chi connectivity index (χ2v) is 24.6. The maximum atomic E-state index is 15.5. The molecule has 10 rings (SSSR count). The van der Waals surface area contributed by atoms with Crippen LogP contribution in [-0.2, 0) is 28.7 Å². The van der Waals surface area contributed by atoms with Gasteiger partial charge in [-0.25, -0.2) is 37.5 Å². The Hall–Kier alpha value is -9.81. The van der Waals surface area contributed by atoms with Crippen LogP contribution >= 0.6 is 23.2 Å². The number of nitrogens with zero attached hydrogens (tertiary/aromatic N) is 12. The molecule has 3 N–H and O–H groups in total. The maximum Gasteiger partial charge on any atom is 0.355 e. The average Bonchev–Trinajstić information content (AvgIpc) is 0.740. The van der Waals surface area contributed by atoms with Gasteiger partial charge in [-0.1, -0.05) is 91.0 Å². The van der Waals surface area contributed by atoms with Crippen LogP contribution in [0.25, 0.3) is 56.0 Å². The summed E-state index contributed by atoms with van der Waals surface area (Å²) in [6, 6.07) is 14.7. The van der Waals surface area contributed by atoms with Gasteiger partial charge in [0.2, 0.25) is 17.7 Å². The third kappa shape index (κ3) is 15.5. The number of nitrogen functional groups attached to an aromatic ring is 1. The molecule has 0 bridgehead atoms. The molecule has 508 valence electrons. The third-order valence-electron chi connectivity index (χ3n) is 16.0. The van der Waals surface area contributed by atoms with Gasteiger partial charge in [-0.05, 0) is 125 Å². The zero-order valence-electron chi connectivity index (χ0n) is 54.5. The van der Waals surface area contributed by atoms with Crippen LogP contribution in [0.15, 0.2) is 108 Å². The highest BCUT2D eigenvalue weighted by atomic mass is 35.5. The Morgan fingerprint density at radius 2 is 1.01 bits per heavy atom. The standard InChI is InChI=1S/C33H35ClFN7O3.C31H33ClFN7O2.C4H6O3.2CH4/c1-8-26(44)40-15-20(6)41(16-19(40)5)31-22-14-23(34)29(27-24(35)10-9-11-25(27)37-21(7)43)38-32(22)42(33(45)39-31)30-18(4)12-13-36-28(30)17(2)3;1-7-24(41)38-14-19(6)39(15-18(38)5)29-20-13-21(32)27(25-22(33)9-8-10-23(25)34)36-30(20)40(31(42)37-29)28-17(4)11-12-35-26(28)16(2)3;1-3(5)7-4(2)6;;/h8-14,17,19-20H,1,15-16H2,2-7H3,(H,37,43);7-13,16,18-19H,1,14-15,34H2,2-6H3;1-2H3;2*1H4/t19-,20+;18-,19+;;;/m11.../s1. The summed E-state index contributed by atoms with van der Waals surface area (Å²) in [5.41, 5.74) is 10.0. The number of nitrogens with two attached hydrogens (primary N) is 1. The molecule has 4 atom stereocenters. The summed E-state index contributed by atoms with van der Waals surface area (Å²) >= 11 is 13.7. The number of piperazine rings is 2. The van der Waals surface area contributed by atoms with Crippen LogP contribution < -0.4 is 32.2 Å². The minimum atomic E-state index is -0.649. The minimum Gasteiger partial charge on any atom is -0.398 e. The number of rotatable bonds is 11. The molecule has 26 heteroatoms. The Kier molecular flexibility index (Phi) is 24.4. The molecule has 8 heterocycles. The first-order valence-electron chi connectivity index (χ1n) is 30.3. The molecule has 8 aromatic rings. The van der Waals surface area contributed by atoms with Crippen molar-refractivity contribution < 1.29 is 37.5 Å². The summed E-state index contributed by atoms with van der Waals surface area (Å²) in [6.07, 6.45) is 5.98. The van der Waals surface area contributed by atoms with Gasteiger partial charge in [0, 0.05) is 89.2 Å². The molecule has 2 aromatic carbocycles. The Morgan fingerprint density at radius 1 is 0.615 bits per heavy atom. The van der Waals surface area contributed by atoms with E-state index in [9.17, 15) is 33.6 Å². The molecule has 0 unspecified atom stereocenters. The fourth-order valence-electron chi connectivity index (χ4n) is 11.7. The first-order chi connectivity index (χ1) is 44.4. The van der Waals surface area contributed by atoms with Crippen molar-refractivity contribution in [3.8, 4) is 33.9 Å². The molecule has 0 spiro atoms. The molecule has 0 radical (unpaired) electrons. The van der Waals surface area contributed by atoms with Crippen LogP contribution in [0.5, 0.6) is 0 Å². The number of carbonyl (C=O) groups is 5. The summed E-state index contributed by atoms with van der Waals surface area (Å²) < 4.78 is 37.4. The molecular formula is C70H82Cl2F2N14O8. The fourth-order valence-corrected chi connectivity index (χ4v) is 12.2. The van der Waals surface area contributed by atoms with Crippen molar-refractivity contribution in [2.24, 2.45) is 0 Å². The SMILES string of the molecule is C.C.C=CC(=O)N1C[C@H](C)N(c2nc(=O)n(-c3c(C)ccnc3C(C)C)c3nc(-c4c(F)cccc4NC(C)=O)c(Cl)cc23)C[C@H]1C.C=CC(=O)N1C[C@H](C)N(c2nc(=O)n(-c3c(C)ccnc3C(C)C)c3nc(-c4c(N)cccc4F)c(Cl)cc23)C[C@H]1C.CC(=O)OC(C)=O. The Labute approximate surface area is 566 Å². The Morgan fingerprint density at radius 3 is 1.38 bits per heavy atom. The van der Waals surface area contributed by atoms with E-state index in [0.29, 0.717) is 71.3 Å². The number of fused-ring (bicyclic) bond motifs is 2. The van der Waals surface area contributed by atoms with Gasteiger partial charge in [0.05, 0.1) is 71.8 Å². The van der Waals surface area contributed by atoms with Crippen molar-refractivity contribution in [1.29, 1.82) is 0 Å². The molecule has 2 saturated heterocycles. The lowest BCUT2D eigenvalue weighted by Crippen LogP contribution is -2.58. The molecule has 2 aliphatic heterocycles. The maximum absolute atomic E-state index is 15.5. The summed E-state index contributed by atoms with van der Waals surface area (Å²) in [6.45, 7) is 32.0. The number of aryl methyl sites for hydroxylation is 2. The van der Waals surface area contributed by atoms with Crippen molar-refractivity contribution in [1.82, 2.24) is 48.8 Å². The number of benzene rings is 2. The summed E-state index contributed by atoms with van der Waals surface area (Å²) in [7, 11) is 0. The Bertz CT molecular complexity index is 4450. The average molecular weight is 1360 g/mol. The lowest BCUT2D eigenvalue weighted by Gasteiger charge is -2.44. The smallest absolute Gasteiger partial charge is 0.355 e. The molecule has 3 amide bonds. The number of ether oxygens (including phenoxy) is 1. The highest BCUT2D eigenvalue weighted by Crippen LogP contribution is 2.41. The topological polar surface area (TPSA) is 267 Å². The van der Waals surface area contributed by atoms with E-state index in [2.05, 4.69) is 43.1 Å². The molecule has 0 aliphatic carbocycles. The monoisotopic (exact) mass is 1350 g/mol. The summed E-state index contributed by atoms with van der Waals surface area (Å²) in [5.74, 6) is -2.44. The van der Waals surface area contributed by atoms with E-state index in [4.69, 9.17) is 38.9 Å². The first kappa shape index (κ1) is 75.2. The largest absolute Gasteiger partial charge is 0.398 e. The van der Waals surface area contributed by atoms with E-state index >= 15 is 8.78 Å². The van der Waals surface area contributed by atoms with Gasteiger partial charge in [-0.3, -0.25) is 33.9 Å². The van der Waals surface area contributed by atoms with Gasteiger partial charge in [-0.15, -0.1) is 0 Å². The second-order valence-electron chi connectivity index (χ2n) is 23.7. The predicted molar refractivity (Wildman–Crippen MR) is 375 cm³/mol. The molecule has 2 aliphatic rings. The van der Waals surface area contributed by atoms with Crippen molar-refractivity contribution in [3.05, 3.63) is 164 Å². The minimum absolute atomic E-state index is 0. The van der Waals surface area contributed by atoms with E-state index in [0.717, 1.165) is 11.1 Å².